The van der Waals surface area contributed by atoms with Gasteiger partial charge in [0.15, 0.2) is 5.82 Å². The third-order valence-corrected chi connectivity index (χ3v) is 5.35. The van der Waals surface area contributed by atoms with E-state index in [1.807, 2.05) is 30.3 Å². The van der Waals surface area contributed by atoms with Crippen molar-refractivity contribution in [1.29, 1.82) is 0 Å². The summed E-state index contributed by atoms with van der Waals surface area (Å²) in [6, 6.07) is 11.4. The molecule has 0 spiro atoms. The molecule has 0 bridgehead atoms. The molecule has 0 aliphatic carbocycles. The number of aliphatic hydroxyl groups is 1. The first-order chi connectivity index (χ1) is 15.0. The molecule has 0 aliphatic heterocycles. The molecule has 1 amide bonds. The third kappa shape index (κ3) is 7.67. The van der Waals surface area contributed by atoms with Crippen molar-refractivity contribution >= 4 is 28.2 Å². The summed E-state index contributed by atoms with van der Waals surface area (Å²) >= 11 is 1.40. The molecule has 1 unspecified atom stereocenters. The Kier molecular flexibility index (Phi) is 8.39. The molecule has 0 aliphatic rings. The first-order valence-electron chi connectivity index (χ1n) is 10.2. The monoisotopic (exact) mass is 441 g/mol. The maximum absolute atomic E-state index is 12.3. The van der Waals surface area contributed by atoms with Crippen molar-refractivity contribution in [3.05, 3.63) is 58.2 Å². The van der Waals surface area contributed by atoms with Gasteiger partial charge in [0.1, 0.15) is 11.2 Å². The molecule has 0 fully saturated rings. The van der Waals surface area contributed by atoms with Gasteiger partial charge >= 0.3 is 0 Å². The standard InChI is InChI=1S/C21H27N7O2S/c1-14(29)23-18-10-9-17(25-26-18)7-2-3-8-20-27-28-21(31-20)24-19(30)12-15-5-4-6-16(11-15)13-22/h4-6,9-11,14,29H,2-3,7-8,12-13,22H2,1H3,(H,23,26)(H,24,28,30). The summed E-state index contributed by atoms with van der Waals surface area (Å²) in [5.41, 5.74) is 8.47. The average Bonchev–Trinajstić information content (AvgIpc) is 3.19. The number of carbonyl (C=O) groups excluding carboxylic acids is 1. The zero-order valence-corrected chi connectivity index (χ0v) is 18.2. The van der Waals surface area contributed by atoms with Gasteiger partial charge in [-0.05, 0) is 49.4 Å². The van der Waals surface area contributed by atoms with Crippen molar-refractivity contribution in [3.63, 3.8) is 0 Å². The van der Waals surface area contributed by atoms with Gasteiger partial charge in [0.2, 0.25) is 11.0 Å². The number of aryl methyl sites for hydroxylation is 2. The average molecular weight is 442 g/mol. The predicted molar refractivity (Wildman–Crippen MR) is 121 cm³/mol. The number of aromatic nitrogens is 4. The largest absolute Gasteiger partial charge is 0.374 e. The second-order valence-electron chi connectivity index (χ2n) is 7.19. The van der Waals surface area contributed by atoms with E-state index in [4.69, 9.17) is 5.73 Å². The number of amides is 1. The molecule has 3 aromatic rings. The second kappa shape index (κ2) is 11.4. The van der Waals surface area contributed by atoms with E-state index in [1.165, 1.54) is 11.3 Å². The van der Waals surface area contributed by atoms with Gasteiger partial charge in [0, 0.05) is 13.0 Å². The van der Waals surface area contributed by atoms with Gasteiger partial charge < -0.3 is 21.5 Å². The minimum absolute atomic E-state index is 0.121. The van der Waals surface area contributed by atoms with Crippen molar-refractivity contribution in [3.8, 4) is 0 Å². The molecule has 3 rings (SSSR count). The molecular formula is C21H27N7O2S. The molecule has 164 valence electrons. The molecule has 1 atom stereocenters. The number of rotatable bonds is 11. The maximum Gasteiger partial charge on any atom is 0.230 e. The van der Waals surface area contributed by atoms with Gasteiger partial charge in [-0.25, -0.2) is 0 Å². The molecule has 0 saturated carbocycles. The molecular weight excluding hydrogens is 414 g/mol. The highest BCUT2D eigenvalue weighted by Crippen LogP contribution is 2.18. The van der Waals surface area contributed by atoms with Gasteiger partial charge in [-0.1, -0.05) is 35.6 Å². The lowest BCUT2D eigenvalue weighted by atomic mass is 10.1. The summed E-state index contributed by atoms with van der Waals surface area (Å²) in [6.45, 7) is 2.08. The van der Waals surface area contributed by atoms with Crippen LogP contribution in [0.15, 0.2) is 36.4 Å². The quantitative estimate of drug-likeness (QED) is 0.263. The zero-order chi connectivity index (χ0) is 22.1. The number of hydrogen-bond donors (Lipinski definition) is 4. The van der Waals surface area contributed by atoms with Crippen LogP contribution in [0.3, 0.4) is 0 Å². The van der Waals surface area contributed by atoms with Crippen LogP contribution in [0.2, 0.25) is 0 Å². The summed E-state index contributed by atoms with van der Waals surface area (Å²) < 4.78 is 0. The number of aliphatic hydroxyl groups excluding tert-OH is 1. The Labute approximate surface area is 185 Å². The van der Waals surface area contributed by atoms with Crippen LogP contribution in [-0.4, -0.2) is 37.6 Å². The minimum atomic E-state index is -0.663. The summed E-state index contributed by atoms with van der Waals surface area (Å²) in [4.78, 5) is 12.3. The Balaban J connectivity index is 1.39. The van der Waals surface area contributed by atoms with Crippen LogP contribution in [-0.2, 0) is 30.6 Å². The second-order valence-corrected chi connectivity index (χ2v) is 8.25. The number of unbranched alkanes of at least 4 members (excludes halogenated alkanes) is 1. The molecule has 0 saturated heterocycles. The van der Waals surface area contributed by atoms with Crippen molar-refractivity contribution in [1.82, 2.24) is 20.4 Å². The van der Waals surface area contributed by atoms with Crippen molar-refractivity contribution in [2.24, 2.45) is 5.73 Å². The van der Waals surface area contributed by atoms with E-state index in [2.05, 4.69) is 31.0 Å². The van der Waals surface area contributed by atoms with Crippen LogP contribution < -0.4 is 16.4 Å². The van der Waals surface area contributed by atoms with Crippen LogP contribution >= 0.6 is 11.3 Å². The number of benzene rings is 1. The van der Waals surface area contributed by atoms with Crippen LogP contribution in [0.1, 0.15) is 41.6 Å². The van der Waals surface area contributed by atoms with E-state index >= 15 is 0 Å². The maximum atomic E-state index is 12.3. The molecule has 2 heterocycles. The number of nitrogens with two attached hydrogens (primary N) is 1. The number of nitrogens with zero attached hydrogens (tertiary/aromatic N) is 4. The van der Waals surface area contributed by atoms with Gasteiger partial charge in [-0.2, -0.15) is 5.10 Å². The number of carbonyl (C=O) groups is 1. The highest BCUT2D eigenvalue weighted by molar-refractivity contribution is 7.15. The highest BCUT2D eigenvalue weighted by Gasteiger charge is 2.10. The Morgan fingerprint density at radius 2 is 1.90 bits per heavy atom. The van der Waals surface area contributed by atoms with Crippen LogP contribution in [0.5, 0.6) is 0 Å². The molecule has 10 heteroatoms. The number of hydrogen-bond acceptors (Lipinski definition) is 9. The van der Waals surface area contributed by atoms with E-state index in [-0.39, 0.29) is 12.3 Å². The van der Waals surface area contributed by atoms with Gasteiger partial charge in [-0.15, -0.1) is 15.3 Å². The fourth-order valence-corrected chi connectivity index (χ4v) is 3.78. The number of anilines is 2. The first kappa shape index (κ1) is 22.7. The fraction of sp³-hybridized carbons (Fsp3) is 0.381. The normalized spacial score (nSPS) is 11.8. The third-order valence-electron chi connectivity index (χ3n) is 4.46. The fourth-order valence-electron chi connectivity index (χ4n) is 2.99. The molecule has 31 heavy (non-hydrogen) atoms. The van der Waals surface area contributed by atoms with Crippen molar-refractivity contribution < 1.29 is 9.90 Å². The molecule has 9 nitrogen and oxygen atoms in total. The van der Waals surface area contributed by atoms with Crippen molar-refractivity contribution in [2.45, 2.75) is 51.8 Å². The van der Waals surface area contributed by atoms with Crippen LogP contribution in [0.25, 0.3) is 0 Å². The Morgan fingerprint density at radius 3 is 2.65 bits per heavy atom. The topological polar surface area (TPSA) is 139 Å². The Bertz CT molecular complexity index is 976. The van der Waals surface area contributed by atoms with Gasteiger partial charge in [0.25, 0.3) is 0 Å². The highest BCUT2D eigenvalue weighted by atomic mass is 32.1. The number of nitrogens with one attached hydrogen (secondary N) is 2. The molecule has 1 aromatic carbocycles. The summed E-state index contributed by atoms with van der Waals surface area (Å²) in [6.07, 6.45) is 3.09. The van der Waals surface area contributed by atoms with Crippen LogP contribution in [0.4, 0.5) is 10.9 Å². The van der Waals surface area contributed by atoms with E-state index in [9.17, 15) is 9.90 Å². The van der Waals surface area contributed by atoms with E-state index in [0.29, 0.717) is 17.5 Å². The summed E-state index contributed by atoms with van der Waals surface area (Å²) in [5, 5.41) is 32.7. The van der Waals surface area contributed by atoms with E-state index < -0.39 is 6.23 Å². The van der Waals surface area contributed by atoms with E-state index in [0.717, 1.165) is 47.5 Å². The SMILES string of the molecule is CC(O)Nc1ccc(CCCCc2nnc(NC(=O)Cc3cccc(CN)c3)s2)nn1. The molecule has 2 aromatic heterocycles. The molecule has 0 radical (unpaired) electrons. The van der Waals surface area contributed by atoms with Gasteiger partial charge in [0.05, 0.1) is 12.1 Å². The van der Waals surface area contributed by atoms with Crippen LogP contribution in [0, 0.1) is 0 Å². The van der Waals surface area contributed by atoms with E-state index in [1.54, 1.807) is 13.0 Å². The predicted octanol–water partition coefficient (Wildman–Crippen LogP) is 2.28. The molecule has 5 N–H and O–H groups in total. The zero-order valence-electron chi connectivity index (χ0n) is 17.4. The lowest BCUT2D eigenvalue weighted by Gasteiger charge is -2.07. The summed E-state index contributed by atoms with van der Waals surface area (Å²) in [5.74, 6) is 0.429. The minimum Gasteiger partial charge on any atom is -0.374 e. The van der Waals surface area contributed by atoms with Gasteiger partial charge in [-0.3, -0.25) is 4.79 Å². The summed E-state index contributed by atoms with van der Waals surface area (Å²) in [7, 11) is 0. The lowest BCUT2D eigenvalue weighted by Crippen LogP contribution is -2.14. The smallest absolute Gasteiger partial charge is 0.230 e. The lowest BCUT2D eigenvalue weighted by molar-refractivity contribution is -0.115. The Morgan fingerprint density at radius 1 is 1.10 bits per heavy atom. The Hall–Kier alpha value is -2.95. The van der Waals surface area contributed by atoms with Crippen molar-refractivity contribution in [2.75, 3.05) is 10.6 Å². The first-order valence-corrected chi connectivity index (χ1v) is 11.0.